The molecule has 0 fully saturated rings. The van der Waals surface area contributed by atoms with Crippen molar-refractivity contribution < 1.29 is 18.0 Å². The predicted molar refractivity (Wildman–Crippen MR) is 89.9 cm³/mol. The summed E-state index contributed by atoms with van der Waals surface area (Å²) in [6.45, 7) is 8.72. The SMILES string of the molecule is CCc1c(C)cn(C(N)=O)c1/C(=C\CNCC(F)(F)F)C(C)(C)C. The van der Waals surface area contributed by atoms with Crippen LogP contribution in [0.15, 0.2) is 12.3 Å². The lowest BCUT2D eigenvalue weighted by Gasteiger charge is -2.25. The van der Waals surface area contributed by atoms with Crippen molar-refractivity contribution in [3.8, 4) is 0 Å². The van der Waals surface area contributed by atoms with E-state index in [0.29, 0.717) is 12.1 Å². The summed E-state index contributed by atoms with van der Waals surface area (Å²) >= 11 is 0. The van der Waals surface area contributed by atoms with Crippen LogP contribution >= 0.6 is 0 Å². The molecule has 136 valence electrons. The van der Waals surface area contributed by atoms with Crippen molar-refractivity contribution in [1.29, 1.82) is 0 Å². The Balaban J connectivity index is 3.30. The number of nitrogens with two attached hydrogens (primary N) is 1. The molecule has 1 rings (SSSR count). The van der Waals surface area contributed by atoms with E-state index in [0.717, 1.165) is 16.7 Å². The highest BCUT2D eigenvalue weighted by Gasteiger charge is 2.28. The van der Waals surface area contributed by atoms with Crippen LogP contribution in [0.1, 0.15) is 44.5 Å². The molecule has 1 aromatic heterocycles. The molecule has 0 radical (unpaired) electrons. The first-order valence-corrected chi connectivity index (χ1v) is 7.87. The number of alkyl halides is 3. The Morgan fingerprint density at radius 1 is 1.33 bits per heavy atom. The van der Waals surface area contributed by atoms with Crippen LogP contribution in [0.2, 0.25) is 0 Å². The topological polar surface area (TPSA) is 60.0 Å². The molecule has 1 heterocycles. The van der Waals surface area contributed by atoms with Crippen LogP contribution < -0.4 is 11.1 Å². The van der Waals surface area contributed by atoms with Gasteiger partial charge in [-0.1, -0.05) is 33.8 Å². The Labute approximate surface area is 140 Å². The quantitative estimate of drug-likeness (QED) is 0.796. The molecule has 4 nitrogen and oxygen atoms in total. The van der Waals surface area contributed by atoms with Gasteiger partial charge in [0.2, 0.25) is 0 Å². The molecule has 0 aliphatic heterocycles. The van der Waals surface area contributed by atoms with E-state index in [9.17, 15) is 18.0 Å². The Morgan fingerprint density at radius 3 is 2.33 bits per heavy atom. The first kappa shape index (κ1) is 20.3. The molecule has 0 aliphatic rings. The summed E-state index contributed by atoms with van der Waals surface area (Å²) in [6, 6.07) is -0.605. The first-order valence-electron chi connectivity index (χ1n) is 7.87. The number of hydrogen-bond acceptors (Lipinski definition) is 2. The largest absolute Gasteiger partial charge is 0.401 e. The zero-order valence-corrected chi connectivity index (χ0v) is 14.8. The molecule has 0 bridgehead atoms. The number of aromatic nitrogens is 1. The smallest absolute Gasteiger partial charge is 0.351 e. The number of amides is 1. The lowest BCUT2D eigenvalue weighted by molar-refractivity contribution is -0.124. The van der Waals surface area contributed by atoms with Crippen LogP contribution in [0.5, 0.6) is 0 Å². The predicted octanol–water partition coefficient (Wildman–Crippen LogP) is 3.87. The Bertz CT molecular complexity index is 622. The third-order valence-electron chi connectivity index (χ3n) is 3.76. The molecule has 0 aliphatic carbocycles. The number of rotatable bonds is 5. The number of aryl methyl sites for hydroxylation is 1. The number of hydrogen-bond donors (Lipinski definition) is 2. The highest BCUT2D eigenvalue weighted by Crippen LogP contribution is 2.37. The maximum Gasteiger partial charge on any atom is 0.401 e. The van der Waals surface area contributed by atoms with Gasteiger partial charge in [0.1, 0.15) is 0 Å². The summed E-state index contributed by atoms with van der Waals surface area (Å²) in [6.07, 6.45) is -0.169. The molecule has 3 N–H and O–H groups in total. The lowest BCUT2D eigenvalue weighted by Crippen LogP contribution is -2.29. The zero-order valence-electron chi connectivity index (χ0n) is 14.8. The molecule has 0 unspecified atom stereocenters. The van der Waals surface area contributed by atoms with Crippen LogP contribution in [-0.4, -0.2) is 29.9 Å². The van der Waals surface area contributed by atoms with Gasteiger partial charge in [-0.3, -0.25) is 4.57 Å². The zero-order chi connectivity index (χ0) is 18.7. The fourth-order valence-corrected chi connectivity index (χ4v) is 2.73. The molecular formula is C17H26F3N3O. The van der Waals surface area contributed by atoms with E-state index in [2.05, 4.69) is 5.32 Å². The standard InChI is InChI=1S/C17H26F3N3O/c1-6-12-11(2)9-23(15(21)24)14(12)13(16(3,4)5)7-8-22-10-17(18,19)20/h7,9,22H,6,8,10H2,1-5H3,(H2,21,24)/b13-7+. The van der Waals surface area contributed by atoms with E-state index in [1.807, 2.05) is 34.6 Å². The van der Waals surface area contributed by atoms with E-state index in [1.165, 1.54) is 4.57 Å². The van der Waals surface area contributed by atoms with Crippen molar-refractivity contribution in [2.75, 3.05) is 13.1 Å². The van der Waals surface area contributed by atoms with Gasteiger partial charge in [0.25, 0.3) is 0 Å². The number of nitrogens with zero attached hydrogens (tertiary/aromatic N) is 1. The van der Waals surface area contributed by atoms with Gasteiger partial charge in [0, 0.05) is 12.7 Å². The molecular weight excluding hydrogens is 319 g/mol. The van der Waals surface area contributed by atoms with E-state index in [-0.39, 0.29) is 12.0 Å². The van der Waals surface area contributed by atoms with Gasteiger partial charge >= 0.3 is 12.2 Å². The molecule has 24 heavy (non-hydrogen) atoms. The Morgan fingerprint density at radius 2 is 1.92 bits per heavy atom. The van der Waals surface area contributed by atoms with Crippen LogP contribution in [0, 0.1) is 12.3 Å². The summed E-state index contributed by atoms with van der Waals surface area (Å²) < 4.78 is 38.2. The number of allylic oxidation sites excluding steroid dienone is 1. The van der Waals surface area contributed by atoms with Crippen molar-refractivity contribution in [3.05, 3.63) is 29.1 Å². The van der Waals surface area contributed by atoms with Crippen molar-refractivity contribution in [1.82, 2.24) is 9.88 Å². The van der Waals surface area contributed by atoms with Gasteiger partial charge in [0.05, 0.1) is 12.2 Å². The second-order valence-electron chi connectivity index (χ2n) is 6.81. The Kier molecular flexibility index (Phi) is 6.27. The van der Waals surface area contributed by atoms with Gasteiger partial charge in [-0.15, -0.1) is 0 Å². The van der Waals surface area contributed by atoms with E-state index in [4.69, 9.17) is 5.73 Å². The minimum Gasteiger partial charge on any atom is -0.351 e. The second kappa shape index (κ2) is 7.42. The van der Waals surface area contributed by atoms with E-state index < -0.39 is 18.8 Å². The molecule has 0 saturated heterocycles. The fourth-order valence-electron chi connectivity index (χ4n) is 2.73. The molecule has 0 atom stereocenters. The normalized spacial score (nSPS) is 13.4. The van der Waals surface area contributed by atoms with Crippen molar-refractivity contribution >= 4 is 11.6 Å². The Hall–Kier alpha value is -1.76. The number of primary amides is 1. The number of carbonyl (C=O) groups is 1. The minimum atomic E-state index is -4.26. The third kappa shape index (κ3) is 5.12. The summed E-state index contributed by atoms with van der Waals surface area (Å²) in [5.74, 6) is 0. The summed E-state index contributed by atoms with van der Waals surface area (Å²) in [4.78, 5) is 11.8. The highest BCUT2D eigenvalue weighted by atomic mass is 19.4. The molecule has 0 aromatic carbocycles. The van der Waals surface area contributed by atoms with Crippen molar-refractivity contribution in [3.63, 3.8) is 0 Å². The van der Waals surface area contributed by atoms with Crippen LogP contribution in [0.25, 0.3) is 5.57 Å². The third-order valence-corrected chi connectivity index (χ3v) is 3.76. The molecule has 1 aromatic rings. The number of halogens is 3. The minimum absolute atomic E-state index is 0.0538. The van der Waals surface area contributed by atoms with Crippen LogP contribution in [-0.2, 0) is 6.42 Å². The highest BCUT2D eigenvalue weighted by molar-refractivity contribution is 5.83. The monoisotopic (exact) mass is 345 g/mol. The average Bonchev–Trinajstić information content (AvgIpc) is 2.72. The second-order valence-corrected chi connectivity index (χ2v) is 6.81. The van der Waals surface area contributed by atoms with Crippen LogP contribution in [0.4, 0.5) is 18.0 Å². The number of carbonyl (C=O) groups excluding carboxylic acids is 1. The number of nitrogens with one attached hydrogen (secondary N) is 1. The summed E-state index contributed by atoms with van der Waals surface area (Å²) in [7, 11) is 0. The molecule has 0 spiro atoms. The van der Waals surface area contributed by atoms with Gasteiger partial charge in [-0.05, 0) is 35.5 Å². The summed E-state index contributed by atoms with van der Waals surface area (Å²) in [5, 5.41) is 2.36. The van der Waals surface area contributed by atoms with E-state index >= 15 is 0 Å². The molecule has 0 saturated carbocycles. The first-order chi connectivity index (χ1) is 10.9. The van der Waals surface area contributed by atoms with Gasteiger partial charge in [-0.25, -0.2) is 4.79 Å². The van der Waals surface area contributed by atoms with Gasteiger partial charge < -0.3 is 11.1 Å². The fraction of sp³-hybridized carbons (Fsp3) is 0.588. The average molecular weight is 345 g/mol. The van der Waals surface area contributed by atoms with Gasteiger partial charge in [0.15, 0.2) is 0 Å². The van der Waals surface area contributed by atoms with Crippen LogP contribution in [0.3, 0.4) is 0 Å². The maximum atomic E-state index is 12.3. The summed E-state index contributed by atoms with van der Waals surface area (Å²) in [5.41, 5.74) is 8.51. The van der Waals surface area contributed by atoms with E-state index in [1.54, 1.807) is 12.3 Å². The maximum absolute atomic E-state index is 12.3. The van der Waals surface area contributed by atoms with Crippen molar-refractivity contribution in [2.24, 2.45) is 11.1 Å². The molecule has 1 amide bonds. The van der Waals surface area contributed by atoms with Crippen molar-refractivity contribution in [2.45, 2.75) is 47.2 Å². The molecule has 7 heteroatoms. The van der Waals surface area contributed by atoms with Gasteiger partial charge in [-0.2, -0.15) is 13.2 Å². The lowest BCUT2D eigenvalue weighted by atomic mass is 9.82.